The Morgan fingerprint density at radius 1 is 0.536 bits per heavy atom. The Labute approximate surface area is 503 Å². The molecule has 0 heterocycles. The summed E-state index contributed by atoms with van der Waals surface area (Å²) in [4.78, 5) is 51.6. The number of rotatable bonds is 11. The number of carbonyl (C=O) groups excluding carboxylic acids is 4. The van der Waals surface area contributed by atoms with Crippen LogP contribution in [0, 0.1) is 55.3 Å². The van der Waals surface area contributed by atoms with E-state index in [1.807, 2.05) is 45.0 Å². The van der Waals surface area contributed by atoms with E-state index < -0.39 is 39.2 Å². The fourth-order valence-electron chi connectivity index (χ4n) is 6.57. The molecule has 8 aromatic carbocycles. The van der Waals surface area contributed by atoms with Crippen molar-refractivity contribution in [3.63, 3.8) is 0 Å². The van der Waals surface area contributed by atoms with Crippen LogP contribution in [0.5, 0.6) is 23.0 Å². The molecular weight excluding hydrogens is 1140 g/mol. The normalized spacial score (nSPS) is 10.2. The molecule has 0 fully saturated rings. The Morgan fingerprint density at radius 3 is 1.33 bits per heavy atom. The number of benzene rings is 8. The van der Waals surface area contributed by atoms with Gasteiger partial charge in [0.2, 0.25) is 6.20 Å². The van der Waals surface area contributed by atoms with Crippen LogP contribution in [0.4, 0.5) is 26.3 Å². The maximum atomic E-state index is 13.3. The van der Waals surface area contributed by atoms with E-state index >= 15 is 0 Å². The summed E-state index contributed by atoms with van der Waals surface area (Å²) in [7, 11) is -7.35. The summed E-state index contributed by atoms with van der Waals surface area (Å²) in [6, 6.07) is 41.0. The monoisotopic (exact) mass is 1190 g/mol. The maximum Gasteiger partial charge on any atom is 1.00 e. The van der Waals surface area contributed by atoms with Gasteiger partial charge >= 0.3 is 41.6 Å². The fourth-order valence-corrected chi connectivity index (χ4v) is 7.05. The number of aryl methyl sites for hydroxylation is 4. The third-order valence-electron chi connectivity index (χ3n) is 10.6. The molecular formula is C59H54AlBF6LiNO14S. The van der Waals surface area contributed by atoms with Gasteiger partial charge in [0.15, 0.2) is 48.3 Å². The van der Waals surface area contributed by atoms with Crippen LogP contribution in [-0.2, 0) is 10.1 Å². The Balaban J connectivity index is 0.00000101. The second-order valence-electron chi connectivity index (χ2n) is 17.0. The van der Waals surface area contributed by atoms with Crippen molar-refractivity contribution in [2.45, 2.75) is 33.2 Å². The van der Waals surface area contributed by atoms with Gasteiger partial charge in [0.05, 0.1) is 21.6 Å². The first-order valence-corrected chi connectivity index (χ1v) is 24.9. The van der Waals surface area contributed by atoms with Gasteiger partial charge in [0.25, 0.3) is 0 Å². The number of phenols is 3. The molecule has 0 saturated heterocycles. The van der Waals surface area contributed by atoms with Gasteiger partial charge in [-0.05, 0) is 145 Å². The zero-order valence-electron chi connectivity index (χ0n) is 45.7. The molecule has 25 heteroatoms. The number of carbonyl (C=O) groups is 4. The van der Waals surface area contributed by atoms with Crippen LogP contribution in [-0.4, -0.2) is 93.8 Å². The Bertz CT molecular complexity index is 3620. The minimum Gasteiger partial charge on any atom is -1.00 e. The first kappa shape index (κ1) is 73.4. The van der Waals surface area contributed by atoms with E-state index in [1.165, 1.54) is 79.7 Å². The van der Waals surface area contributed by atoms with Crippen molar-refractivity contribution in [3.05, 3.63) is 248 Å². The maximum absolute atomic E-state index is 13.3. The number of halogens is 6. The predicted molar refractivity (Wildman–Crippen MR) is 307 cm³/mol. The largest absolute Gasteiger partial charge is 1.00 e. The molecule has 0 spiro atoms. The summed E-state index contributed by atoms with van der Waals surface area (Å²) in [5.74, 6) is -1.94. The third kappa shape index (κ3) is 24.5. The molecule has 434 valence electrons. The van der Waals surface area contributed by atoms with E-state index in [4.69, 9.17) is 25.4 Å². The minimum atomic E-state index is -5.76. The zero-order chi connectivity index (χ0) is 61.3. The molecule has 15 nitrogen and oxygen atoms in total. The topological polar surface area (TPSA) is 256 Å². The number of aldehydes is 4. The van der Waals surface area contributed by atoms with Crippen molar-refractivity contribution in [1.29, 1.82) is 0 Å². The molecule has 0 unspecified atom stereocenters. The number of aromatic hydroxyl groups is 3. The summed E-state index contributed by atoms with van der Waals surface area (Å²) in [6.45, 7) is 7.23. The van der Waals surface area contributed by atoms with Gasteiger partial charge in [-0.2, -0.15) is 21.6 Å². The molecule has 84 heavy (non-hydrogen) atoms. The van der Waals surface area contributed by atoms with Gasteiger partial charge in [-0.15, -0.1) is 0 Å². The van der Waals surface area contributed by atoms with E-state index in [-0.39, 0.29) is 89.4 Å². The van der Waals surface area contributed by atoms with E-state index in [0.717, 1.165) is 64.1 Å². The van der Waals surface area contributed by atoms with E-state index in [2.05, 4.69) is 4.18 Å². The van der Waals surface area contributed by atoms with E-state index in [1.54, 1.807) is 54.6 Å². The SMILES string of the molecule is Cc1ccc(/C=C/[N+](=O)[O-])c(-c2cccc(F)c2)c1.Cc1ccc(C=O)c(-c2cccc(F)c2)c1.Cc1ccc(C=O)c(O)c1.Cc1ccc(C=O)c(OS(=O)(=O)C(F)(F)F)c1.O=Cc1ccc(O)cc1O.OB(O)c1cccc(F)c1.[AlH3].[H-].[Li+]. The average molecular weight is 1190 g/mol. The van der Waals surface area contributed by atoms with E-state index in [9.17, 15) is 64.1 Å². The van der Waals surface area contributed by atoms with E-state index in [0.29, 0.717) is 40.4 Å². The van der Waals surface area contributed by atoms with Gasteiger partial charge in [-0.3, -0.25) is 29.3 Å². The average Bonchev–Trinajstić information content (AvgIpc) is 3.63. The Hall–Kier alpha value is -8.58. The summed E-state index contributed by atoms with van der Waals surface area (Å²) in [6.07, 6.45) is 4.46. The predicted octanol–water partition coefficient (Wildman–Crippen LogP) is 7.56. The molecule has 0 aliphatic carbocycles. The molecule has 5 N–H and O–H groups in total. The fraction of sp³-hybridized carbons (Fsp3) is 0.0847. The first-order chi connectivity index (χ1) is 38.6. The van der Waals surface area contributed by atoms with Crippen LogP contribution >= 0.6 is 0 Å². The van der Waals surface area contributed by atoms with Gasteiger partial charge in [-0.1, -0.05) is 96.1 Å². The molecule has 0 radical (unpaired) electrons. The molecule has 0 amide bonds. The second-order valence-corrected chi connectivity index (χ2v) is 18.6. The summed E-state index contributed by atoms with van der Waals surface area (Å²) in [5.41, 5.74) is 2.59. The molecule has 0 aliphatic rings. The number of nitrogens with zero attached hydrogens (tertiary/aromatic N) is 1. The van der Waals surface area contributed by atoms with Crippen molar-refractivity contribution in [3.8, 4) is 45.3 Å². The number of hydrogen-bond acceptors (Lipinski definition) is 14. The van der Waals surface area contributed by atoms with Crippen molar-refractivity contribution in [1.82, 2.24) is 0 Å². The molecule has 0 aliphatic heterocycles. The molecule has 0 atom stereocenters. The summed E-state index contributed by atoms with van der Waals surface area (Å²) in [5, 5.41) is 54.2. The minimum absolute atomic E-state index is 0. The second kappa shape index (κ2) is 35.4. The van der Waals surface area contributed by atoms with Crippen LogP contribution in [0.25, 0.3) is 28.3 Å². The molecule has 0 saturated carbocycles. The number of phenolic OH excluding ortho intramolecular Hbond substituents is 3. The standard InChI is InChI=1S/C15H12FNO2.C14H11FO.C9H7F3O4S.C8H8O2.C7H6O3.C6H6BFO2.Al.Li.4H/c1-11-5-6-12(7-8-17(18)19)15(9-11)13-3-2-4-14(16)10-13;1-10-5-6-12(9-16)14(7-10)11-3-2-4-13(15)8-11;1-6-2-3-7(5-13)8(4-6)16-17(14,15)9(10,11)12;1-6-2-3-7(5-9)8(10)4-6;8-4-5-1-2-6(9)3-7(5)10;8-6-3-1-2-5(4-6)7(9)10;;;;;;/h2-10H,1H3;2-9H,1H3;2-5H,1H3;2-5,10H,1H3;2*1-4,9-10H;;;;;;/q;;;;;;;+1;;;;-1/b8-7+;;;;;;;;;;;. The molecule has 8 aromatic rings. The molecule has 0 aromatic heterocycles. The summed E-state index contributed by atoms with van der Waals surface area (Å²) < 4.78 is 100. The van der Waals surface area contributed by atoms with Crippen LogP contribution in [0.2, 0.25) is 0 Å². The van der Waals surface area contributed by atoms with Crippen LogP contribution in [0.15, 0.2) is 170 Å². The Kier molecular flexibility index (Phi) is 31.0. The smallest absolute Gasteiger partial charge is 1.00 e. The van der Waals surface area contributed by atoms with Crippen molar-refractivity contribution < 1.29 is 109 Å². The zero-order valence-corrected chi connectivity index (χ0v) is 45.5. The van der Waals surface area contributed by atoms with Gasteiger partial charge in [0, 0.05) is 17.7 Å². The third-order valence-corrected chi connectivity index (χ3v) is 11.5. The Morgan fingerprint density at radius 2 is 0.929 bits per heavy atom. The van der Waals surface area contributed by atoms with Gasteiger partial charge in [-0.25, -0.2) is 13.2 Å². The van der Waals surface area contributed by atoms with Gasteiger partial charge in [0.1, 0.15) is 34.7 Å². The number of hydrogen-bond donors (Lipinski definition) is 5. The number of nitro groups is 1. The summed E-state index contributed by atoms with van der Waals surface area (Å²) >= 11 is 0. The van der Waals surface area contributed by atoms with Crippen LogP contribution in [0.3, 0.4) is 0 Å². The van der Waals surface area contributed by atoms with Crippen molar-refractivity contribution >= 4 is 71.3 Å². The molecule has 0 bridgehead atoms. The van der Waals surface area contributed by atoms with Crippen LogP contribution in [0.1, 0.15) is 70.7 Å². The van der Waals surface area contributed by atoms with Gasteiger partial charge < -0.3 is 31.0 Å². The number of alkyl halides is 3. The molecule has 8 rings (SSSR count). The quantitative estimate of drug-likeness (QED) is 0.0159. The van der Waals surface area contributed by atoms with Crippen molar-refractivity contribution in [2.24, 2.45) is 0 Å². The van der Waals surface area contributed by atoms with Crippen LogP contribution < -0.4 is 28.5 Å². The van der Waals surface area contributed by atoms with Crippen molar-refractivity contribution in [2.75, 3.05) is 0 Å². The first-order valence-electron chi connectivity index (χ1n) is 23.5.